The number of methoxy groups -OCH3 is 1. The first kappa shape index (κ1) is 17.5. The second-order valence-electron chi connectivity index (χ2n) is 5.24. The molecule has 0 fully saturated rings. The van der Waals surface area contributed by atoms with Crippen molar-refractivity contribution in [2.75, 3.05) is 13.7 Å². The van der Waals surface area contributed by atoms with Crippen LogP contribution in [0.4, 0.5) is 4.39 Å². The Hall–Kier alpha value is -2.89. The molecule has 0 heterocycles. The van der Waals surface area contributed by atoms with Gasteiger partial charge < -0.3 is 15.4 Å². The summed E-state index contributed by atoms with van der Waals surface area (Å²) in [6, 6.07) is 11.8. The average molecular weight is 330 g/mol. The summed E-state index contributed by atoms with van der Waals surface area (Å²) in [6.07, 6.45) is 0. The van der Waals surface area contributed by atoms with Gasteiger partial charge in [0.25, 0.3) is 5.91 Å². The van der Waals surface area contributed by atoms with E-state index in [1.54, 1.807) is 38.3 Å². The molecule has 0 aliphatic carbocycles. The van der Waals surface area contributed by atoms with E-state index in [0.717, 1.165) is 11.3 Å². The molecule has 0 aliphatic rings. The molecular weight excluding hydrogens is 311 g/mol. The minimum Gasteiger partial charge on any atom is -0.497 e. The maximum Gasteiger partial charge on any atom is 0.254 e. The van der Waals surface area contributed by atoms with Crippen LogP contribution in [-0.4, -0.2) is 25.5 Å². The highest BCUT2D eigenvalue weighted by Gasteiger charge is 2.13. The van der Waals surface area contributed by atoms with E-state index in [-0.39, 0.29) is 18.0 Å². The molecule has 0 atom stereocenters. The predicted octanol–water partition coefficient (Wildman–Crippen LogP) is 2.19. The molecule has 0 saturated heterocycles. The third-order valence-electron chi connectivity index (χ3n) is 3.49. The Labute approximate surface area is 139 Å². The van der Waals surface area contributed by atoms with Gasteiger partial charge in [-0.2, -0.15) is 0 Å². The molecule has 0 spiro atoms. The van der Waals surface area contributed by atoms with Crippen molar-refractivity contribution in [1.29, 1.82) is 0 Å². The highest BCUT2D eigenvalue weighted by atomic mass is 19.1. The zero-order valence-corrected chi connectivity index (χ0v) is 13.6. The number of rotatable bonds is 6. The standard InChI is InChI=1S/C18H19FN2O3/c1-12-4-3-5-15(17(12)19)18(23)21-11-16(22)20-10-13-6-8-14(24-2)9-7-13/h3-9H,10-11H2,1-2H3,(H,20,22)(H,21,23). The third-order valence-corrected chi connectivity index (χ3v) is 3.49. The SMILES string of the molecule is COc1ccc(CNC(=O)CNC(=O)c2cccc(C)c2F)cc1. The van der Waals surface area contributed by atoms with Crippen molar-refractivity contribution >= 4 is 11.8 Å². The van der Waals surface area contributed by atoms with Gasteiger partial charge in [0.15, 0.2) is 0 Å². The van der Waals surface area contributed by atoms with Gasteiger partial charge in [-0.05, 0) is 36.2 Å². The van der Waals surface area contributed by atoms with E-state index in [1.165, 1.54) is 6.07 Å². The molecule has 0 radical (unpaired) electrons. The van der Waals surface area contributed by atoms with Gasteiger partial charge in [-0.1, -0.05) is 24.3 Å². The largest absolute Gasteiger partial charge is 0.497 e. The molecule has 0 aromatic heterocycles. The highest BCUT2D eigenvalue weighted by Crippen LogP contribution is 2.12. The molecule has 2 aromatic rings. The molecular formula is C18H19FN2O3. The number of carbonyl (C=O) groups is 2. The van der Waals surface area contributed by atoms with Crippen LogP contribution in [0.25, 0.3) is 0 Å². The first-order valence-electron chi connectivity index (χ1n) is 7.44. The van der Waals surface area contributed by atoms with Crippen molar-refractivity contribution in [2.45, 2.75) is 13.5 Å². The van der Waals surface area contributed by atoms with Crippen molar-refractivity contribution < 1.29 is 18.7 Å². The second-order valence-corrected chi connectivity index (χ2v) is 5.24. The van der Waals surface area contributed by atoms with Crippen LogP contribution in [0.2, 0.25) is 0 Å². The molecule has 126 valence electrons. The smallest absolute Gasteiger partial charge is 0.254 e. The van der Waals surface area contributed by atoms with Crippen LogP contribution in [0.5, 0.6) is 5.75 Å². The van der Waals surface area contributed by atoms with Gasteiger partial charge in [-0.15, -0.1) is 0 Å². The lowest BCUT2D eigenvalue weighted by Gasteiger charge is -2.09. The minimum atomic E-state index is -0.615. The number of ether oxygens (including phenoxy) is 1. The summed E-state index contributed by atoms with van der Waals surface area (Å²) in [5, 5.41) is 5.09. The number of nitrogens with one attached hydrogen (secondary N) is 2. The van der Waals surface area contributed by atoms with Crippen LogP contribution in [0.1, 0.15) is 21.5 Å². The Morgan fingerprint density at radius 3 is 2.46 bits per heavy atom. The Balaban J connectivity index is 1.82. The van der Waals surface area contributed by atoms with E-state index >= 15 is 0 Å². The summed E-state index contributed by atoms with van der Waals surface area (Å²) in [4.78, 5) is 23.7. The van der Waals surface area contributed by atoms with E-state index in [1.807, 2.05) is 12.1 Å². The third kappa shape index (κ3) is 4.55. The summed E-state index contributed by atoms with van der Waals surface area (Å²) < 4.78 is 18.9. The van der Waals surface area contributed by atoms with E-state index in [4.69, 9.17) is 4.74 Å². The van der Waals surface area contributed by atoms with Crippen molar-refractivity contribution in [3.63, 3.8) is 0 Å². The summed E-state index contributed by atoms with van der Waals surface area (Å²) in [6.45, 7) is 1.69. The Kier molecular flexibility index (Phi) is 5.89. The van der Waals surface area contributed by atoms with Crippen LogP contribution in [0.15, 0.2) is 42.5 Å². The first-order chi connectivity index (χ1) is 11.5. The zero-order chi connectivity index (χ0) is 17.5. The maximum absolute atomic E-state index is 13.8. The molecule has 2 N–H and O–H groups in total. The average Bonchev–Trinajstić information content (AvgIpc) is 2.60. The minimum absolute atomic E-state index is 0.0713. The van der Waals surface area contributed by atoms with Gasteiger partial charge in [-0.25, -0.2) is 4.39 Å². The van der Waals surface area contributed by atoms with Crippen LogP contribution in [0, 0.1) is 12.7 Å². The quantitative estimate of drug-likeness (QED) is 0.853. The molecule has 5 nitrogen and oxygen atoms in total. The van der Waals surface area contributed by atoms with E-state index in [0.29, 0.717) is 12.1 Å². The number of hydrogen-bond donors (Lipinski definition) is 2. The highest BCUT2D eigenvalue weighted by molar-refractivity contribution is 5.96. The molecule has 2 rings (SSSR count). The Morgan fingerprint density at radius 2 is 1.79 bits per heavy atom. The van der Waals surface area contributed by atoms with Crippen LogP contribution in [0.3, 0.4) is 0 Å². The predicted molar refractivity (Wildman–Crippen MR) is 88.3 cm³/mol. The van der Waals surface area contributed by atoms with Gasteiger partial charge >= 0.3 is 0 Å². The molecule has 0 unspecified atom stereocenters. The number of carbonyl (C=O) groups excluding carboxylic acids is 2. The summed E-state index contributed by atoms with van der Waals surface area (Å²) in [7, 11) is 1.58. The van der Waals surface area contributed by atoms with Crippen molar-refractivity contribution in [3.8, 4) is 5.75 Å². The van der Waals surface area contributed by atoms with Gasteiger partial charge in [0.2, 0.25) is 5.91 Å². The number of amides is 2. The first-order valence-corrected chi connectivity index (χ1v) is 7.44. The number of benzene rings is 2. The lowest BCUT2D eigenvalue weighted by atomic mass is 10.1. The number of hydrogen-bond acceptors (Lipinski definition) is 3. The van der Waals surface area contributed by atoms with Gasteiger partial charge in [0.1, 0.15) is 11.6 Å². The van der Waals surface area contributed by atoms with Crippen molar-refractivity contribution in [2.24, 2.45) is 0 Å². The fourth-order valence-corrected chi connectivity index (χ4v) is 2.09. The van der Waals surface area contributed by atoms with E-state index in [2.05, 4.69) is 10.6 Å². The monoisotopic (exact) mass is 330 g/mol. The van der Waals surface area contributed by atoms with Crippen molar-refractivity contribution in [1.82, 2.24) is 10.6 Å². The van der Waals surface area contributed by atoms with Crippen LogP contribution >= 0.6 is 0 Å². The number of aryl methyl sites for hydroxylation is 1. The molecule has 2 aromatic carbocycles. The summed E-state index contributed by atoms with van der Waals surface area (Å²) in [5.74, 6) is -0.811. The molecule has 0 aliphatic heterocycles. The summed E-state index contributed by atoms with van der Waals surface area (Å²) >= 11 is 0. The van der Waals surface area contributed by atoms with Crippen LogP contribution in [-0.2, 0) is 11.3 Å². The van der Waals surface area contributed by atoms with Gasteiger partial charge in [0, 0.05) is 6.54 Å². The second kappa shape index (κ2) is 8.10. The lowest BCUT2D eigenvalue weighted by Crippen LogP contribution is -2.37. The zero-order valence-electron chi connectivity index (χ0n) is 13.6. The van der Waals surface area contributed by atoms with Gasteiger partial charge in [-0.3, -0.25) is 9.59 Å². The molecule has 2 amide bonds. The maximum atomic E-state index is 13.8. The van der Waals surface area contributed by atoms with E-state index in [9.17, 15) is 14.0 Å². The molecule has 6 heteroatoms. The molecule has 0 bridgehead atoms. The van der Waals surface area contributed by atoms with Crippen LogP contribution < -0.4 is 15.4 Å². The Bertz CT molecular complexity index is 730. The van der Waals surface area contributed by atoms with Crippen molar-refractivity contribution in [3.05, 3.63) is 65.0 Å². The topological polar surface area (TPSA) is 67.4 Å². The fourth-order valence-electron chi connectivity index (χ4n) is 2.09. The normalized spacial score (nSPS) is 10.1. The molecule has 0 saturated carbocycles. The fraction of sp³-hybridized carbons (Fsp3) is 0.222. The van der Waals surface area contributed by atoms with Gasteiger partial charge in [0.05, 0.1) is 19.2 Å². The molecule has 24 heavy (non-hydrogen) atoms. The lowest BCUT2D eigenvalue weighted by molar-refractivity contribution is -0.120. The number of halogens is 1. The van der Waals surface area contributed by atoms with E-state index < -0.39 is 11.7 Å². The summed E-state index contributed by atoms with van der Waals surface area (Å²) in [5.41, 5.74) is 1.21. The Morgan fingerprint density at radius 1 is 1.08 bits per heavy atom.